The number of hydrogen-bond donors (Lipinski definition) is 2. The van der Waals surface area contributed by atoms with Gasteiger partial charge in [-0.25, -0.2) is 16.8 Å². The van der Waals surface area contributed by atoms with Gasteiger partial charge in [0.2, 0.25) is 21.8 Å². The zero-order valence-corrected chi connectivity index (χ0v) is 24.1. The van der Waals surface area contributed by atoms with Gasteiger partial charge < -0.3 is 16.0 Å². The summed E-state index contributed by atoms with van der Waals surface area (Å²) in [5.74, 6) is -1.48. The van der Waals surface area contributed by atoms with Gasteiger partial charge in [0.25, 0.3) is 0 Å². The number of carbonyl (C=O) groups excluding carboxylic acids is 2. The summed E-state index contributed by atoms with van der Waals surface area (Å²) in [6.07, 6.45) is 6.07. The topological polar surface area (TPSA) is 147 Å². The molecule has 0 radical (unpaired) electrons. The molecule has 1 aromatic rings. The highest BCUT2D eigenvalue weighted by atomic mass is 32.2. The first-order valence-electron chi connectivity index (χ1n) is 13.3. The molecule has 38 heavy (non-hydrogen) atoms. The van der Waals surface area contributed by atoms with Crippen LogP contribution in [0.3, 0.4) is 0 Å². The number of para-hydroxylation sites is 1. The van der Waals surface area contributed by atoms with Gasteiger partial charge in [0.1, 0.15) is 6.04 Å². The van der Waals surface area contributed by atoms with Crippen LogP contribution in [0.1, 0.15) is 64.4 Å². The van der Waals surface area contributed by atoms with Gasteiger partial charge in [-0.1, -0.05) is 37.5 Å². The molecule has 10 nitrogen and oxygen atoms in total. The van der Waals surface area contributed by atoms with E-state index in [4.69, 9.17) is 5.73 Å². The number of rotatable bonds is 7. The number of nitrogens with two attached hydrogens (primary N) is 1. The molecule has 12 heteroatoms. The molecule has 1 atom stereocenters. The van der Waals surface area contributed by atoms with Crippen molar-refractivity contribution in [1.82, 2.24) is 10.2 Å². The zero-order valence-electron chi connectivity index (χ0n) is 22.5. The summed E-state index contributed by atoms with van der Waals surface area (Å²) in [5, 5.41) is 2.13. The number of sulfone groups is 1. The molecule has 3 N–H and O–H groups in total. The zero-order chi connectivity index (χ0) is 27.9. The van der Waals surface area contributed by atoms with E-state index in [0.29, 0.717) is 51.0 Å². The fourth-order valence-electron chi connectivity index (χ4n) is 6.00. The molecule has 212 valence electrons. The van der Waals surface area contributed by atoms with Crippen LogP contribution in [0.15, 0.2) is 24.3 Å². The maximum absolute atomic E-state index is 13.7. The molecule has 1 aliphatic carbocycles. The van der Waals surface area contributed by atoms with Crippen molar-refractivity contribution in [3.63, 3.8) is 0 Å². The van der Waals surface area contributed by atoms with E-state index in [9.17, 15) is 26.4 Å². The van der Waals surface area contributed by atoms with Crippen molar-refractivity contribution in [3.05, 3.63) is 29.8 Å². The molecule has 2 amide bonds. The lowest BCUT2D eigenvalue weighted by Crippen LogP contribution is -2.60. The second-order valence-corrected chi connectivity index (χ2v) is 16.0. The monoisotopic (exact) mass is 568 g/mol. The molecule has 1 aromatic carbocycles. The van der Waals surface area contributed by atoms with Crippen molar-refractivity contribution >= 4 is 37.4 Å². The number of anilines is 1. The van der Waals surface area contributed by atoms with Crippen molar-refractivity contribution in [3.8, 4) is 0 Å². The van der Waals surface area contributed by atoms with E-state index in [2.05, 4.69) is 5.32 Å². The Morgan fingerprint density at radius 2 is 1.68 bits per heavy atom. The molecule has 1 unspecified atom stereocenters. The van der Waals surface area contributed by atoms with Gasteiger partial charge in [0, 0.05) is 25.0 Å². The Labute approximate surface area is 226 Å². The predicted octanol–water partition coefficient (Wildman–Crippen LogP) is 1.30. The number of carbonyl (C=O) groups is 2. The number of benzene rings is 1. The molecule has 1 saturated heterocycles. The van der Waals surface area contributed by atoms with E-state index in [1.165, 1.54) is 24.4 Å². The maximum atomic E-state index is 13.7. The summed E-state index contributed by atoms with van der Waals surface area (Å²) < 4.78 is 52.9. The van der Waals surface area contributed by atoms with Crippen molar-refractivity contribution in [2.24, 2.45) is 5.73 Å². The molecule has 4 rings (SSSR count). The Kier molecular flexibility index (Phi) is 7.90. The van der Waals surface area contributed by atoms with Crippen molar-refractivity contribution < 1.29 is 26.4 Å². The molecular formula is C26H40N4O6S2. The largest absolute Gasteiger partial charge is 0.342 e. The van der Waals surface area contributed by atoms with E-state index in [1.54, 1.807) is 11.0 Å². The molecule has 2 heterocycles. The first kappa shape index (κ1) is 28.8. The highest BCUT2D eigenvalue weighted by Crippen LogP contribution is 2.47. The molecule has 2 fully saturated rings. The molecule has 1 spiro atoms. The summed E-state index contributed by atoms with van der Waals surface area (Å²) in [6.45, 7) is 3.98. The highest BCUT2D eigenvalue weighted by Gasteiger charge is 2.48. The molecule has 3 aliphatic rings. The number of nitrogens with zero attached hydrogens (tertiary/aromatic N) is 2. The minimum atomic E-state index is -3.62. The summed E-state index contributed by atoms with van der Waals surface area (Å²) in [5.41, 5.74) is 5.86. The van der Waals surface area contributed by atoms with E-state index < -0.39 is 59.7 Å². The predicted molar refractivity (Wildman–Crippen MR) is 147 cm³/mol. The van der Waals surface area contributed by atoms with Gasteiger partial charge in [-0.05, 0) is 51.2 Å². The number of nitrogens with one attached hydrogen (secondary N) is 1. The lowest BCUT2D eigenvalue weighted by atomic mass is 9.74. The highest BCUT2D eigenvalue weighted by molar-refractivity contribution is 7.92. The maximum Gasteiger partial charge on any atom is 0.246 e. The van der Waals surface area contributed by atoms with Crippen molar-refractivity contribution in [2.75, 3.05) is 35.9 Å². The number of fused-ring (bicyclic) bond motifs is 2. The van der Waals surface area contributed by atoms with Crippen LogP contribution < -0.4 is 15.4 Å². The summed E-state index contributed by atoms with van der Waals surface area (Å²) >= 11 is 0. The first-order valence-corrected chi connectivity index (χ1v) is 16.9. The van der Waals surface area contributed by atoms with Crippen LogP contribution in [-0.4, -0.2) is 82.0 Å². The van der Waals surface area contributed by atoms with Crippen LogP contribution in [0.5, 0.6) is 0 Å². The third-order valence-corrected chi connectivity index (χ3v) is 11.7. The van der Waals surface area contributed by atoms with E-state index in [-0.39, 0.29) is 0 Å². The first-order chi connectivity index (χ1) is 17.6. The second kappa shape index (κ2) is 10.4. The number of likely N-dealkylation sites (tertiary alicyclic amines) is 1. The van der Waals surface area contributed by atoms with Crippen molar-refractivity contribution in [2.45, 2.75) is 81.0 Å². The molecule has 0 bridgehead atoms. The lowest BCUT2D eigenvalue weighted by molar-refractivity contribution is -0.138. The Morgan fingerprint density at radius 3 is 2.26 bits per heavy atom. The third kappa shape index (κ3) is 5.86. The SMILES string of the molecule is CC(C)(N)C(=O)NC(CS(=O)(=O)C1CCCCC1)C(=O)N1CCC2(CC1)CN(S(C)(=O)=O)c1ccccc12. The molecule has 0 aromatic heterocycles. The minimum absolute atomic E-state index is 0.310. The van der Waals surface area contributed by atoms with Crippen LogP contribution in [0, 0.1) is 0 Å². The number of amides is 2. The van der Waals surface area contributed by atoms with Crippen LogP contribution >= 0.6 is 0 Å². The van der Waals surface area contributed by atoms with Crippen LogP contribution in [0.4, 0.5) is 5.69 Å². The minimum Gasteiger partial charge on any atom is -0.342 e. The van der Waals surface area contributed by atoms with Gasteiger partial charge >= 0.3 is 0 Å². The second-order valence-electron chi connectivity index (χ2n) is 11.7. The average molecular weight is 569 g/mol. The molecule has 1 saturated carbocycles. The van der Waals surface area contributed by atoms with Crippen LogP contribution in [-0.2, 0) is 34.9 Å². The van der Waals surface area contributed by atoms with Crippen LogP contribution in [0.25, 0.3) is 0 Å². The number of hydrogen-bond acceptors (Lipinski definition) is 7. The fourth-order valence-corrected chi connectivity index (χ4v) is 9.01. The quantitative estimate of drug-likeness (QED) is 0.504. The van der Waals surface area contributed by atoms with Crippen molar-refractivity contribution in [1.29, 1.82) is 0 Å². The standard InChI is InChI=1S/C26H40N4O6S2/c1-25(2,27)24(32)28-21(17-38(35,36)19-9-5-4-6-10-19)23(31)29-15-13-26(14-16-29)18-30(37(3,33)34)22-12-8-7-11-20(22)26/h7-8,11-12,19,21H,4-6,9-10,13-18,27H2,1-3H3,(H,28,32). The van der Waals surface area contributed by atoms with Crippen LogP contribution in [0.2, 0.25) is 0 Å². The summed E-state index contributed by atoms with van der Waals surface area (Å²) in [4.78, 5) is 28.0. The Balaban J connectivity index is 1.53. The Morgan fingerprint density at radius 1 is 1.08 bits per heavy atom. The number of piperidine rings is 1. The Hall–Kier alpha value is -2.18. The van der Waals surface area contributed by atoms with E-state index in [0.717, 1.165) is 24.8 Å². The summed E-state index contributed by atoms with van der Waals surface area (Å²) in [6, 6.07) is 6.23. The van der Waals surface area contributed by atoms with Gasteiger partial charge in [-0.3, -0.25) is 13.9 Å². The van der Waals surface area contributed by atoms with E-state index in [1.807, 2.05) is 18.2 Å². The smallest absolute Gasteiger partial charge is 0.246 e. The molecule has 2 aliphatic heterocycles. The fraction of sp³-hybridized carbons (Fsp3) is 0.692. The normalized spacial score (nSPS) is 21.3. The number of sulfonamides is 1. The lowest BCUT2D eigenvalue weighted by Gasteiger charge is -2.41. The molecular weight excluding hydrogens is 528 g/mol. The van der Waals surface area contributed by atoms with Gasteiger partial charge in [0.15, 0.2) is 9.84 Å². The van der Waals surface area contributed by atoms with Gasteiger partial charge in [-0.2, -0.15) is 0 Å². The average Bonchev–Trinajstić information content (AvgIpc) is 3.18. The summed E-state index contributed by atoms with van der Waals surface area (Å²) in [7, 11) is -7.09. The van der Waals surface area contributed by atoms with E-state index >= 15 is 0 Å². The Bertz CT molecular complexity index is 1270. The third-order valence-electron chi connectivity index (χ3n) is 8.27. The van der Waals surface area contributed by atoms with Gasteiger partial charge in [-0.15, -0.1) is 0 Å². The van der Waals surface area contributed by atoms with Gasteiger partial charge in [0.05, 0.1) is 28.5 Å².